The standard InChI is InChI=1S/C17H18N2O4S/c18-17-16(12-3-1-2-4-15(12)24-17)14(21)9-13(20)10-5-7-11(8-6-10)19(22)23/h5-8,15,17H,1-4,9,18H2. The van der Waals surface area contributed by atoms with Gasteiger partial charge in [0.1, 0.15) is 0 Å². The van der Waals surface area contributed by atoms with Gasteiger partial charge in [0.05, 0.1) is 16.7 Å². The number of nitrogens with zero attached hydrogens (tertiary/aromatic N) is 1. The zero-order valence-corrected chi connectivity index (χ0v) is 13.9. The van der Waals surface area contributed by atoms with Crippen molar-refractivity contribution in [1.29, 1.82) is 0 Å². The van der Waals surface area contributed by atoms with E-state index >= 15 is 0 Å². The molecule has 2 aliphatic rings. The number of carbonyl (C=O) groups is 2. The Morgan fingerprint density at radius 3 is 2.58 bits per heavy atom. The van der Waals surface area contributed by atoms with E-state index in [-0.39, 0.29) is 29.0 Å². The lowest BCUT2D eigenvalue weighted by Gasteiger charge is -2.19. The summed E-state index contributed by atoms with van der Waals surface area (Å²) in [4.78, 5) is 35.0. The minimum atomic E-state index is -0.524. The van der Waals surface area contributed by atoms with Crippen molar-refractivity contribution in [3.63, 3.8) is 0 Å². The van der Waals surface area contributed by atoms with Gasteiger partial charge in [-0.15, -0.1) is 11.8 Å². The van der Waals surface area contributed by atoms with Gasteiger partial charge in [-0.05, 0) is 37.0 Å². The zero-order valence-electron chi connectivity index (χ0n) is 13.1. The Bertz CT molecular complexity index is 727. The number of nitrogens with two attached hydrogens (primary N) is 1. The molecule has 24 heavy (non-hydrogen) atoms. The highest BCUT2D eigenvalue weighted by Gasteiger charge is 2.37. The number of thioether (sulfide) groups is 1. The maximum absolute atomic E-state index is 12.6. The Labute approximate surface area is 143 Å². The Morgan fingerprint density at radius 2 is 1.92 bits per heavy atom. The summed E-state index contributed by atoms with van der Waals surface area (Å²) >= 11 is 1.61. The second-order valence-electron chi connectivity index (χ2n) is 6.06. The molecular weight excluding hydrogens is 328 g/mol. The predicted octanol–water partition coefficient (Wildman–Crippen LogP) is 3.01. The lowest BCUT2D eigenvalue weighted by atomic mass is 9.88. The average Bonchev–Trinajstić information content (AvgIpc) is 2.90. The minimum Gasteiger partial charge on any atom is -0.316 e. The SMILES string of the molecule is NC1SC2CCCCC2=C1C(=O)CC(=O)c1ccc([N+](=O)[O-])cc1. The highest BCUT2D eigenvalue weighted by Crippen LogP contribution is 2.44. The molecule has 3 rings (SSSR count). The van der Waals surface area contributed by atoms with E-state index in [1.807, 2.05) is 0 Å². The number of non-ortho nitro benzene ring substituents is 1. The lowest BCUT2D eigenvalue weighted by Crippen LogP contribution is -2.23. The van der Waals surface area contributed by atoms with Crippen molar-refractivity contribution >= 4 is 29.0 Å². The molecule has 0 spiro atoms. The van der Waals surface area contributed by atoms with Gasteiger partial charge in [0, 0.05) is 28.5 Å². The van der Waals surface area contributed by atoms with Crippen LogP contribution in [0.2, 0.25) is 0 Å². The highest BCUT2D eigenvalue weighted by atomic mass is 32.2. The number of fused-ring (bicyclic) bond motifs is 1. The molecule has 0 saturated heterocycles. The zero-order chi connectivity index (χ0) is 17.3. The second kappa shape index (κ2) is 6.86. The first-order valence-corrected chi connectivity index (χ1v) is 8.86. The third kappa shape index (κ3) is 3.27. The number of nitro groups is 1. The molecule has 126 valence electrons. The van der Waals surface area contributed by atoms with Gasteiger partial charge in [-0.3, -0.25) is 19.7 Å². The Hall–Kier alpha value is -1.99. The molecule has 1 aliphatic heterocycles. The van der Waals surface area contributed by atoms with Crippen LogP contribution in [-0.4, -0.2) is 27.1 Å². The Balaban J connectivity index is 1.74. The van der Waals surface area contributed by atoms with Crippen molar-refractivity contribution in [2.24, 2.45) is 5.73 Å². The summed E-state index contributed by atoms with van der Waals surface area (Å²) < 4.78 is 0. The Kier molecular flexibility index (Phi) is 4.82. The minimum absolute atomic E-state index is 0.0814. The fraction of sp³-hybridized carbons (Fsp3) is 0.412. The molecule has 1 aliphatic carbocycles. The lowest BCUT2D eigenvalue weighted by molar-refractivity contribution is -0.384. The van der Waals surface area contributed by atoms with E-state index in [9.17, 15) is 19.7 Å². The highest BCUT2D eigenvalue weighted by molar-refractivity contribution is 8.01. The van der Waals surface area contributed by atoms with Crippen LogP contribution in [-0.2, 0) is 4.79 Å². The predicted molar refractivity (Wildman–Crippen MR) is 91.9 cm³/mol. The molecule has 2 atom stereocenters. The van der Waals surface area contributed by atoms with Crippen LogP contribution in [0.1, 0.15) is 42.5 Å². The van der Waals surface area contributed by atoms with Crippen LogP contribution >= 0.6 is 11.8 Å². The summed E-state index contributed by atoms with van der Waals surface area (Å²) in [5, 5.41) is 10.6. The van der Waals surface area contributed by atoms with Gasteiger partial charge in [0.2, 0.25) is 0 Å². The number of nitro benzene ring substituents is 1. The molecule has 1 aromatic carbocycles. The molecule has 2 unspecified atom stereocenters. The van der Waals surface area contributed by atoms with Crippen LogP contribution in [0, 0.1) is 10.1 Å². The van der Waals surface area contributed by atoms with Gasteiger partial charge in [-0.2, -0.15) is 0 Å². The maximum atomic E-state index is 12.6. The van der Waals surface area contributed by atoms with Crippen molar-refractivity contribution in [2.45, 2.75) is 42.7 Å². The molecule has 0 amide bonds. The fourth-order valence-corrected chi connectivity index (χ4v) is 4.80. The fourth-order valence-electron chi connectivity index (χ4n) is 3.32. The van der Waals surface area contributed by atoms with Crippen LogP contribution in [0.25, 0.3) is 0 Å². The summed E-state index contributed by atoms with van der Waals surface area (Å²) in [5.41, 5.74) is 8.08. The van der Waals surface area contributed by atoms with Gasteiger partial charge in [0.15, 0.2) is 11.6 Å². The molecule has 0 bridgehead atoms. The molecule has 6 nitrogen and oxygen atoms in total. The van der Waals surface area contributed by atoms with E-state index in [1.165, 1.54) is 24.3 Å². The summed E-state index contributed by atoms with van der Waals surface area (Å²) in [6.45, 7) is 0. The molecule has 2 N–H and O–H groups in total. The number of benzene rings is 1. The molecule has 0 radical (unpaired) electrons. The van der Waals surface area contributed by atoms with Crippen molar-refractivity contribution in [1.82, 2.24) is 0 Å². The third-order valence-corrected chi connectivity index (χ3v) is 5.89. The monoisotopic (exact) mass is 346 g/mol. The number of rotatable bonds is 5. The van der Waals surface area contributed by atoms with Gasteiger partial charge >= 0.3 is 0 Å². The first-order chi connectivity index (χ1) is 11.5. The normalized spacial score (nSPS) is 23.0. The smallest absolute Gasteiger partial charge is 0.269 e. The summed E-state index contributed by atoms with van der Waals surface area (Å²) in [6, 6.07) is 5.32. The van der Waals surface area contributed by atoms with Crippen LogP contribution in [0.3, 0.4) is 0 Å². The largest absolute Gasteiger partial charge is 0.316 e. The number of hydrogen-bond acceptors (Lipinski definition) is 6. The van der Waals surface area contributed by atoms with Crippen molar-refractivity contribution < 1.29 is 14.5 Å². The first kappa shape index (κ1) is 16.9. The molecule has 0 aromatic heterocycles. The van der Waals surface area contributed by atoms with Crippen molar-refractivity contribution in [2.75, 3.05) is 0 Å². The van der Waals surface area contributed by atoms with Gasteiger partial charge < -0.3 is 5.73 Å². The number of hydrogen-bond donors (Lipinski definition) is 1. The van der Waals surface area contributed by atoms with Crippen LogP contribution in [0.5, 0.6) is 0 Å². The molecule has 1 heterocycles. The van der Waals surface area contributed by atoms with E-state index in [0.29, 0.717) is 16.4 Å². The number of ketones is 2. The van der Waals surface area contributed by atoms with Gasteiger partial charge in [-0.25, -0.2) is 0 Å². The molecule has 7 heteroatoms. The van der Waals surface area contributed by atoms with Crippen molar-refractivity contribution in [3.05, 3.63) is 51.1 Å². The van der Waals surface area contributed by atoms with Gasteiger partial charge in [0.25, 0.3) is 5.69 Å². The molecular formula is C17H18N2O4S. The summed E-state index contributed by atoms with van der Waals surface area (Å²) in [5.74, 6) is -0.544. The molecule has 1 aromatic rings. The van der Waals surface area contributed by atoms with Crippen LogP contribution in [0.4, 0.5) is 5.69 Å². The first-order valence-electron chi connectivity index (χ1n) is 7.92. The number of carbonyl (C=O) groups excluding carboxylic acids is 2. The summed E-state index contributed by atoms with van der Waals surface area (Å²) in [6.07, 6.45) is 3.90. The van der Waals surface area contributed by atoms with E-state index in [0.717, 1.165) is 31.3 Å². The van der Waals surface area contributed by atoms with E-state index in [4.69, 9.17) is 5.73 Å². The Morgan fingerprint density at radius 1 is 1.21 bits per heavy atom. The average molecular weight is 346 g/mol. The van der Waals surface area contributed by atoms with Crippen molar-refractivity contribution in [3.8, 4) is 0 Å². The van der Waals surface area contributed by atoms with E-state index in [2.05, 4.69) is 0 Å². The molecule has 1 fully saturated rings. The number of Topliss-reactive ketones (excluding diaryl/α,β-unsaturated/α-hetero) is 2. The third-order valence-electron chi connectivity index (χ3n) is 4.51. The van der Waals surface area contributed by atoms with Crippen LogP contribution in [0.15, 0.2) is 35.4 Å². The van der Waals surface area contributed by atoms with E-state index in [1.54, 1.807) is 11.8 Å². The second-order valence-corrected chi connectivity index (χ2v) is 7.41. The van der Waals surface area contributed by atoms with Gasteiger partial charge in [-0.1, -0.05) is 6.42 Å². The maximum Gasteiger partial charge on any atom is 0.269 e. The van der Waals surface area contributed by atoms with E-state index < -0.39 is 4.92 Å². The van der Waals surface area contributed by atoms with Crippen LogP contribution < -0.4 is 5.73 Å². The topological polar surface area (TPSA) is 103 Å². The molecule has 1 saturated carbocycles. The summed E-state index contributed by atoms with van der Waals surface area (Å²) in [7, 11) is 0. The quantitative estimate of drug-likeness (QED) is 0.380.